The van der Waals surface area contributed by atoms with Crippen molar-refractivity contribution in [3.8, 4) is 45.4 Å². The van der Waals surface area contributed by atoms with Crippen LogP contribution in [-0.4, -0.2) is 32.0 Å². The van der Waals surface area contributed by atoms with E-state index in [2.05, 4.69) is 170 Å². The van der Waals surface area contributed by atoms with Crippen LogP contribution in [0.25, 0.3) is 108 Å². The third-order valence-corrected chi connectivity index (χ3v) is 12.1. The standard InChI is InChI=1S/C56H40N6/c1-4-5-14-36-22-25-39-27-33-50(62(3)53(39)35(36)2)46-29-31-48(44-21-12-10-19-42(44)46)56-60-54(40-15-7-6-8-16-40)59-55(61-56)47-30-28-45(41-18-9-11-20-43(41)47)49-32-26-38-24-23-37-17-13-34-57-51(37)52(38)58-49/h4-34,50H,2H2,1,3H3/b5-4-,36-14-. The molecule has 0 spiro atoms. The van der Waals surface area contributed by atoms with E-state index in [1.54, 1.807) is 0 Å². The first-order valence-electron chi connectivity index (χ1n) is 20.9. The van der Waals surface area contributed by atoms with Crippen molar-refractivity contribution in [1.82, 2.24) is 24.9 Å². The maximum absolute atomic E-state index is 5.32. The van der Waals surface area contributed by atoms with E-state index in [4.69, 9.17) is 24.9 Å². The highest BCUT2D eigenvalue weighted by atomic mass is 15.1. The van der Waals surface area contributed by atoms with Gasteiger partial charge in [-0.1, -0.05) is 170 Å². The van der Waals surface area contributed by atoms with Crippen molar-refractivity contribution in [2.24, 2.45) is 0 Å². The minimum absolute atomic E-state index is 0.00956. The Morgan fingerprint density at radius 2 is 1.19 bits per heavy atom. The van der Waals surface area contributed by atoms with Crippen molar-refractivity contribution in [1.29, 1.82) is 0 Å². The molecule has 294 valence electrons. The minimum Gasteiger partial charge on any atom is -0.363 e. The van der Waals surface area contributed by atoms with Crippen molar-refractivity contribution in [3.63, 3.8) is 0 Å². The molecule has 0 radical (unpaired) electrons. The van der Waals surface area contributed by atoms with Crippen LogP contribution in [0, 0.1) is 0 Å². The number of rotatable bonds is 6. The van der Waals surface area contributed by atoms with E-state index in [1.807, 2.05) is 43.5 Å². The van der Waals surface area contributed by atoms with Crippen LogP contribution in [0.2, 0.25) is 0 Å². The first kappa shape index (κ1) is 36.9. The Balaban J connectivity index is 1.06. The Bertz CT molecular complexity index is 3590. The molecule has 1 aliphatic rings. The fraction of sp³-hybridized carbons (Fsp3) is 0.0536. The van der Waals surface area contributed by atoms with Gasteiger partial charge in [0.2, 0.25) is 0 Å². The molecule has 10 aromatic rings. The summed E-state index contributed by atoms with van der Waals surface area (Å²) in [4.78, 5) is 28.0. The maximum atomic E-state index is 5.32. The van der Waals surface area contributed by atoms with Crippen molar-refractivity contribution in [3.05, 3.63) is 198 Å². The van der Waals surface area contributed by atoms with Gasteiger partial charge in [-0.05, 0) is 68.2 Å². The molecule has 6 heteroatoms. The van der Waals surface area contributed by atoms with Gasteiger partial charge in [0.05, 0.1) is 28.5 Å². The number of anilines is 1. The fourth-order valence-electron chi connectivity index (χ4n) is 9.05. The molecule has 0 amide bonds. The van der Waals surface area contributed by atoms with Gasteiger partial charge in [-0.15, -0.1) is 0 Å². The molecule has 1 atom stereocenters. The SMILES string of the molecule is C=c1c2c(cc/c1=C/C=C\C)C=CC(c1ccc(-c3nc(-c4ccccc4)nc(-c4ccc(-c5ccc6ccc7cccnc7c6n5)c5ccccc45)n3)c3ccccc13)N2C. The number of aromatic nitrogens is 5. The van der Waals surface area contributed by atoms with Crippen LogP contribution in [-0.2, 0) is 0 Å². The van der Waals surface area contributed by atoms with Crippen molar-refractivity contribution in [2.45, 2.75) is 13.0 Å². The Hall–Kier alpha value is -8.09. The number of nitrogens with zero attached hydrogens (tertiary/aromatic N) is 6. The lowest BCUT2D eigenvalue weighted by atomic mass is 9.91. The van der Waals surface area contributed by atoms with Crippen LogP contribution in [0.5, 0.6) is 0 Å². The van der Waals surface area contributed by atoms with Crippen LogP contribution in [0.3, 0.4) is 0 Å². The summed E-state index contributed by atoms with van der Waals surface area (Å²) < 4.78 is 0. The van der Waals surface area contributed by atoms with Crippen LogP contribution < -0.4 is 15.3 Å². The Morgan fingerprint density at radius 3 is 1.95 bits per heavy atom. The molecule has 3 aromatic heterocycles. The quantitative estimate of drug-likeness (QED) is 0.156. The second-order valence-electron chi connectivity index (χ2n) is 15.7. The van der Waals surface area contributed by atoms with Gasteiger partial charge in [0.1, 0.15) is 0 Å². The van der Waals surface area contributed by atoms with Gasteiger partial charge in [0.15, 0.2) is 17.5 Å². The van der Waals surface area contributed by atoms with E-state index in [0.717, 1.165) is 87.4 Å². The summed E-state index contributed by atoms with van der Waals surface area (Å²) in [6.07, 6.45) is 12.6. The largest absolute Gasteiger partial charge is 0.363 e. The zero-order valence-corrected chi connectivity index (χ0v) is 34.4. The summed E-state index contributed by atoms with van der Waals surface area (Å²) in [6, 6.07) is 52.7. The molecule has 11 rings (SSSR count). The highest BCUT2D eigenvalue weighted by Crippen LogP contribution is 2.40. The highest BCUT2D eigenvalue weighted by Gasteiger charge is 2.25. The Labute approximate surface area is 359 Å². The maximum Gasteiger partial charge on any atom is 0.164 e. The molecule has 6 nitrogen and oxygen atoms in total. The number of allylic oxidation sites excluding steroid dienone is 2. The van der Waals surface area contributed by atoms with Crippen LogP contribution in [0.1, 0.15) is 24.1 Å². The number of hydrogen-bond donors (Lipinski definition) is 0. The fourth-order valence-corrected chi connectivity index (χ4v) is 9.05. The molecule has 0 saturated carbocycles. The Morgan fingerprint density at radius 1 is 0.565 bits per heavy atom. The monoisotopic (exact) mass is 796 g/mol. The number of fused-ring (bicyclic) bond motifs is 6. The average Bonchev–Trinajstić information content (AvgIpc) is 3.33. The molecule has 62 heavy (non-hydrogen) atoms. The van der Waals surface area contributed by atoms with Crippen molar-refractivity contribution < 1.29 is 0 Å². The molecule has 1 aliphatic heterocycles. The lowest BCUT2D eigenvalue weighted by molar-refractivity contribution is 0.807. The predicted molar refractivity (Wildman–Crippen MR) is 258 cm³/mol. The number of hydrogen-bond acceptors (Lipinski definition) is 6. The minimum atomic E-state index is -0.00956. The molecule has 4 heterocycles. The second kappa shape index (κ2) is 15.2. The summed E-state index contributed by atoms with van der Waals surface area (Å²) >= 11 is 0. The zero-order chi connectivity index (χ0) is 41.7. The summed E-state index contributed by atoms with van der Waals surface area (Å²) in [5, 5.41) is 8.56. The molecule has 0 fully saturated rings. The number of pyridine rings is 2. The third-order valence-electron chi connectivity index (χ3n) is 12.1. The number of likely N-dealkylation sites (N-methyl/N-ethyl adjacent to an activating group) is 1. The normalized spacial score (nSPS) is 14.1. The predicted octanol–water partition coefficient (Wildman–Crippen LogP) is 11.9. The summed E-state index contributed by atoms with van der Waals surface area (Å²) in [5.74, 6) is 1.83. The van der Waals surface area contributed by atoms with Crippen molar-refractivity contribution in [2.75, 3.05) is 11.9 Å². The summed E-state index contributed by atoms with van der Waals surface area (Å²) in [5.41, 5.74) is 9.97. The van der Waals surface area contributed by atoms with E-state index in [0.29, 0.717) is 17.5 Å². The molecular weight excluding hydrogens is 757 g/mol. The lowest BCUT2D eigenvalue weighted by Crippen LogP contribution is -2.36. The van der Waals surface area contributed by atoms with E-state index in [9.17, 15) is 0 Å². The topological polar surface area (TPSA) is 67.7 Å². The van der Waals surface area contributed by atoms with Crippen LogP contribution in [0.4, 0.5) is 5.69 Å². The van der Waals surface area contributed by atoms with Gasteiger partial charge in [0, 0.05) is 46.3 Å². The van der Waals surface area contributed by atoms with Gasteiger partial charge in [-0.2, -0.15) is 0 Å². The summed E-state index contributed by atoms with van der Waals surface area (Å²) in [6.45, 7) is 6.57. The first-order chi connectivity index (χ1) is 30.5. The van der Waals surface area contributed by atoms with Crippen LogP contribution >= 0.6 is 0 Å². The Kier molecular flexibility index (Phi) is 9.05. The molecule has 7 aromatic carbocycles. The lowest BCUT2D eigenvalue weighted by Gasteiger charge is -2.34. The average molecular weight is 797 g/mol. The number of benzene rings is 7. The molecule has 1 unspecified atom stereocenters. The summed E-state index contributed by atoms with van der Waals surface area (Å²) in [7, 11) is 2.17. The molecule has 0 bridgehead atoms. The molecular formula is C56H40N6. The molecule has 0 saturated heterocycles. The van der Waals surface area contributed by atoms with Crippen molar-refractivity contribution >= 4 is 67.8 Å². The van der Waals surface area contributed by atoms with Gasteiger partial charge in [-0.3, -0.25) is 4.98 Å². The third kappa shape index (κ3) is 6.23. The van der Waals surface area contributed by atoms with Gasteiger partial charge in [0.25, 0.3) is 0 Å². The van der Waals surface area contributed by atoms with E-state index < -0.39 is 0 Å². The van der Waals surface area contributed by atoms with E-state index in [-0.39, 0.29) is 6.04 Å². The smallest absolute Gasteiger partial charge is 0.164 e. The van der Waals surface area contributed by atoms with Crippen LogP contribution in [0.15, 0.2) is 176 Å². The van der Waals surface area contributed by atoms with Gasteiger partial charge >= 0.3 is 0 Å². The highest BCUT2D eigenvalue weighted by molar-refractivity contribution is 6.07. The van der Waals surface area contributed by atoms with E-state index >= 15 is 0 Å². The zero-order valence-electron chi connectivity index (χ0n) is 34.4. The molecule has 0 N–H and O–H groups in total. The van der Waals surface area contributed by atoms with E-state index in [1.165, 1.54) is 11.1 Å². The first-order valence-corrected chi connectivity index (χ1v) is 20.9. The second-order valence-corrected chi connectivity index (χ2v) is 15.7. The van der Waals surface area contributed by atoms with Gasteiger partial charge in [-0.25, -0.2) is 19.9 Å². The van der Waals surface area contributed by atoms with Gasteiger partial charge < -0.3 is 4.90 Å². The molecule has 0 aliphatic carbocycles.